The second-order valence-electron chi connectivity index (χ2n) is 7.06. The minimum Gasteiger partial charge on any atom is -0.398 e. The lowest BCUT2D eigenvalue weighted by atomic mass is 10.1. The average Bonchev–Trinajstić information content (AvgIpc) is 2.83. The summed E-state index contributed by atoms with van der Waals surface area (Å²) in [5, 5.41) is 0. The summed E-state index contributed by atoms with van der Waals surface area (Å²) in [6, 6.07) is 28.9. The summed E-state index contributed by atoms with van der Waals surface area (Å²) >= 11 is 0. The summed E-state index contributed by atoms with van der Waals surface area (Å²) in [6.07, 6.45) is -4.73. The van der Waals surface area contributed by atoms with Crippen molar-refractivity contribution in [3.05, 3.63) is 126 Å². The summed E-state index contributed by atoms with van der Waals surface area (Å²) in [6.45, 7) is 0. The molecule has 4 aromatic rings. The van der Waals surface area contributed by atoms with E-state index in [2.05, 4.69) is 0 Å². The number of benzene rings is 4. The Bertz CT molecular complexity index is 1150. The first-order chi connectivity index (χ1) is 15.8. The van der Waals surface area contributed by atoms with E-state index in [0.717, 1.165) is 6.07 Å². The van der Waals surface area contributed by atoms with Gasteiger partial charge in [0, 0.05) is 14.7 Å². The molecular weight excluding hydrogens is 452 g/mol. The molecule has 7 heteroatoms. The van der Waals surface area contributed by atoms with Crippen LogP contribution in [0.2, 0.25) is 0 Å². The smallest absolute Gasteiger partial charge is 0.398 e. The van der Waals surface area contributed by atoms with E-state index in [1.165, 1.54) is 0 Å². The van der Waals surface area contributed by atoms with Crippen molar-refractivity contribution < 1.29 is 26.5 Å². The van der Waals surface area contributed by atoms with Crippen molar-refractivity contribution in [1.29, 1.82) is 0 Å². The second-order valence-corrected chi connectivity index (χ2v) is 9.75. The normalized spacial score (nSPS) is 12.2. The van der Waals surface area contributed by atoms with Crippen LogP contribution in [0.5, 0.6) is 0 Å². The summed E-state index contributed by atoms with van der Waals surface area (Å²) in [7, 11) is -2.67. The number of carbonyl (C=O) groups is 1. The third-order valence-electron chi connectivity index (χ3n) is 4.94. The van der Waals surface area contributed by atoms with Crippen LogP contribution in [0.25, 0.3) is 0 Å². The molecule has 33 heavy (non-hydrogen) atoms. The minimum atomic E-state index is -4.73. The van der Waals surface area contributed by atoms with Crippen LogP contribution in [-0.4, -0.2) is 5.97 Å². The molecule has 0 radical (unpaired) electrons. The molecule has 0 aliphatic rings. The quantitative estimate of drug-likeness (QED) is 0.277. The van der Waals surface area contributed by atoms with Gasteiger partial charge in [0.15, 0.2) is 0 Å². The fraction of sp³-hybridized carbons (Fsp3) is 0.0385. The van der Waals surface area contributed by atoms with Crippen LogP contribution in [0.1, 0.15) is 15.9 Å². The third kappa shape index (κ3) is 4.50. The maximum absolute atomic E-state index is 14.6. The van der Waals surface area contributed by atoms with Crippen LogP contribution < -0.4 is 0 Å². The first kappa shape index (κ1) is 22.6. The number of alkyl halides is 3. The molecule has 0 bridgehead atoms. The van der Waals surface area contributed by atoms with Crippen LogP contribution in [-0.2, 0) is 10.4 Å². The number of halogens is 4. The van der Waals surface area contributed by atoms with Crippen molar-refractivity contribution >= 4 is 16.3 Å². The zero-order chi connectivity index (χ0) is 23.5. The molecule has 0 aliphatic heterocycles. The van der Waals surface area contributed by atoms with Crippen molar-refractivity contribution in [2.24, 2.45) is 0 Å². The van der Waals surface area contributed by atoms with Gasteiger partial charge in [0.1, 0.15) is 5.82 Å². The first-order valence-corrected chi connectivity index (χ1v) is 11.5. The van der Waals surface area contributed by atoms with Gasteiger partial charge in [-0.15, -0.1) is 0 Å². The Morgan fingerprint density at radius 1 is 0.667 bits per heavy atom. The molecule has 0 spiro atoms. The second kappa shape index (κ2) is 9.11. The SMILES string of the molecule is O=C(OS(c1ccccc1)(c1ccccc1)c1ccccc1)c1ccc(C(F)(F)F)cc1F. The Balaban J connectivity index is 1.89. The molecule has 0 amide bonds. The fourth-order valence-corrected chi connectivity index (χ4v) is 6.45. The van der Waals surface area contributed by atoms with Gasteiger partial charge in [-0.25, -0.2) is 9.18 Å². The van der Waals surface area contributed by atoms with Crippen molar-refractivity contribution in [3.63, 3.8) is 0 Å². The summed E-state index contributed by atoms with van der Waals surface area (Å²) < 4.78 is 59.6. The van der Waals surface area contributed by atoms with Gasteiger partial charge in [0.2, 0.25) is 0 Å². The monoisotopic (exact) mass is 470 g/mol. The Morgan fingerprint density at radius 3 is 1.45 bits per heavy atom. The van der Waals surface area contributed by atoms with E-state index in [0.29, 0.717) is 26.8 Å². The Labute approximate surface area is 190 Å². The molecule has 4 rings (SSSR count). The molecule has 0 saturated heterocycles. The molecule has 4 aromatic carbocycles. The van der Waals surface area contributed by atoms with Gasteiger partial charge >= 0.3 is 12.1 Å². The lowest BCUT2D eigenvalue weighted by Crippen LogP contribution is -2.16. The number of carbonyl (C=O) groups excluding carboxylic acids is 1. The van der Waals surface area contributed by atoms with Gasteiger partial charge in [0.05, 0.1) is 11.1 Å². The van der Waals surface area contributed by atoms with Gasteiger partial charge < -0.3 is 4.18 Å². The molecule has 0 aromatic heterocycles. The lowest BCUT2D eigenvalue weighted by molar-refractivity contribution is -0.137. The number of hydrogen-bond acceptors (Lipinski definition) is 2. The van der Waals surface area contributed by atoms with E-state index in [1.54, 1.807) is 36.4 Å². The third-order valence-corrected chi connectivity index (χ3v) is 8.15. The van der Waals surface area contributed by atoms with E-state index in [9.17, 15) is 22.4 Å². The molecule has 0 N–H and O–H groups in total. The van der Waals surface area contributed by atoms with Crippen molar-refractivity contribution in [1.82, 2.24) is 0 Å². The lowest BCUT2D eigenvalue weighted by Gasteiger charge is -2.39. The van der Waals surface area contributed by atoms with Gasteiger partial charge in [0.25, 0.3) is 0 Å². The average molecular weight is 470 g/mol. The van der Waals surface area contributed by atoms with Crippen LogP contribution in [0.15, 0.2) is 124 Å². The molecule has 0 heterocycles. The minimum absolute atomic E-state index is 0.307. The van der Waals surface area contributed by atoms with Gasteiger partial charge in [-0.2, -0.15) is 13.2 Å². The maximum Gasteiger partial charge on any atom is 0.416 e. The highest BCUT2D eigenvalue weighted by atomic mass is 32.3. The maximum atomic E-state index is 14.6. The van der Waals surface area contributed by atoms with E-state index in [1.807, 2.05) is 54.6 Å². The zero-order valence-corrected chi connectivity index (χ0v) is 17.9. The molecule has 2 nitrogen and oxygen atoms in total. The van der Waals surface area contributed by atoms with Crippen molar-refractivity contribution in [2.45, 2.75) is 20.9 Å². The van der Waals surface area contributed by atoms with Crippen LogP contribution in [0.4, 0.5) is 17.6 Å². The first-order valence-electron chi connectivity index (χ1n) is 9.91. The van der Waals surface area contributed by atoms with E-state index < -0.39 is 39.4 Å². The molecule has 0 saturated carbocycles. The predicted octanol–water partition coefficient (Wildman–Crippen LogP) is 7.90. The highest BCUT2D eigenvalue weighted by Crippen LogP contribution is 2.69. The Morgan fingerprint density at radius 2 is 1.09 bits per heavy atom. The molecule has 168 valence electrons. The predicted molar refractivity (Wildman–Crippen MR) is 119 cm³/mol. The molecule has 0 atom stereocenters. The molecule has 0 fully saturated rings. The molecule has 0 unspecified atom stereocenters. The largest absolute Gasteiger partial charge is 0.416 e. The van der Waals surface area contributed by atoms with Crippen LogP contribution in [0.3, 0.4) is 0 Å². The zero-order valence-electron chi connectivity index (χ0n) is 17.1. The highest BCUT2D eigenvalue weighted by Gasteiger charge is 2.37. The topological polar surface area (TPSA) is 26.3 Å². The standard InChI is InChI=1S/C26H18F4O2S/c27-24-18-19(26(28,29)30)16-17-23(24)25(31)32-33(20-10-4-1-5-11-20,21-12-6-2-7-13-21)22-14-8-3-9-15-22/h1-18H. The highest BCUT2D eigenvalue weighted by molar-refractivity contribution is 8.30. The van der Waals surface area contributed by atoms with E-state index >= 15 is 0 Å². The van der Waals surface area contributed by atoms with Gasteiger partial charge in [-0.05, 0) is 64.9 Å². The Kier molecular flexibility index (Phi) is 6.24. The van der Waals surface area contributed by atoms with Crippen LogP contribution >= 0.6 is 10.3 Å². The molecule has 0 aliphatic carbocycles. The van der Waals surface area contributed by atoms with Gasteiger partial charge in [-0.3, -0.25) is 0 Å². The summed E-state index contributed by atoms with van der Waals surface area (Å²) in [5.74, 6) is -2.34. The molecular formula is C26H18F4O2S. The van der Waals surface area contributed by atoms with Gasteiger partial charge in [-0.1, -0.05) is 54.6 Å². The van der Waals surface area contributed by atoms with E-state index in [-0.39, 0.29) is 0 Å². The van der Waals surface area contributed by atoms with E-state index in [4.69, 9.17) is 4.18 Å². The Hall–Kier alpha value is -3.58. The van der Waals surface area contributed by atoms with Crippen molar-refractivity contribution in [3.8, 4) is 0 Å². The summed E-state index contributed by atoms with van der Waals surface area (Å²) in [5.41, 5.74) is -1.74. The number of hydrogen-bond donors (Lipinski definition) is 0. The fourth-order valence-electron chi connectivity index (χ4n) is 3.40. The van der Waals surface area contributed by atoms with Crippen LogP contribution in [0, 0.1) is 5.82 Å². The number of rotatable bonds is 5. The summed E-state index contributed by atoms with van der Waals surface area (Å²) in [4.78, 5) is 15.3. The van der Waals surface area contributed by atoms with Crippen molar-refractivity contribution in [2.75, 3.05) is 0 Å².